The van der Waals surface area contributed by atoms with Crippen molar-refractivity contribution in [3.63, 3.8) is 0 Å². The number of nitrogens with one attached hydrogen (secondary N) is 1. The average molecular weight is 295 g/mol. The Morgan fingerprint density at radius 1 is 1.45 bits per heavy atom. The summed E-state index contributed by atoms with van der Waals surface area (Å²) in [7, 11) is 0. The monoisotopic (exact) mass is 294 g/mol. The number of hydrogen-bond donors (Lipinski definition) is 1. The zero-order valence-corrected chi connectivity index (χ0v) is 13.0. The van der Waals surface area contributed by atoms with E-state index in [1.54, 1.807) is 0 Å². The quantitative estimate of drug-likeness (QED) is 0.903. The van der Waals surface area contributed by atoms with Crippen LogP contribution in [-0.4, -0.2) is 25.5 Å². The molecule has 2 atom stereocenters. The van der Waals surface area contributed by atoms with Gasteiger partial charge in [0.15, 0.2) is 0 Å². The minimum absolute atomic E-state index is 0.115. The first-order chi connectivity index (χ1) is 9.60. The van der Waals surface area contributed by atoms with Gasteiger partial charge in [-0.1, -0.05) is 25.4 Å². The maximum absolute atomic E-state index is 11.8. The van der Waals surface area contributed by atoms with Gasteiger partial charge >= 0.3 is 0 Å². The van der Waals surface area contributed by atoms with Crippen LogP contribution < -0.4 is 10.2 Å². The van der Waals surface area contributed by atoms with E-state index in [1.165, 1.54) is 5.69 Å². The largest absolute Gasteiger partial charge is 0.371 e. The lowest BCUT2D eigenvalue weighted by atomic mass is 10.1. The Morgan fingerprint density at radius 2 is 2.15 bits per heavy atom. The fraction of sp³-hybridized carbons (Fsp3) is 0.562. The van der Waals surface area contributed by atoms with E-state index in [0.29, 0.717) is 5.92 Å². The molecule has 1 aromatic rings. The summed E-state index contributed by atoms with van der Waals surface area (Å²) in [6, 6.07) is 7.97. The molecule has 1 amide bonds. The minimum Gasteiger partial charge on any atom is -0.371 e. The van der Waals surface area contributed by atoms with Gasteiger partial charge in [-0.15, -0.1) is 0 Å². The van der Waals surface area contributed by atoms with Gasteiger partial charge in [0.1, 0.15) is 0 Å². The fourth-order valence-corrected chi connectivity index (χ4v) is 2.62. The molecule has 0 radical (unpaired) electrons. The smallest absolute Gasteiger partial charge is 0.222 e. The van der Waals surface area contributed by atoms with Crippen LogP contribution in [0.2, 0.25) is 5.02 Å². The summed E-state index contributed by atoms with van der Waals surface area (Å²) in [5, 5.41) is 3.84. The molecule has 4 heteroatoms. The first-order valence-corrected chi connectivity index (χ1v) is 7.76. The highest BCUT2D eigenvalue weighted by Gasteiger charge is 2.23. The molecule has 0 aromatic heterocycles. The molecule has 1 aliphatic rings. The molecule has 1 saturated heterocycles. The van der Waals surface area contributed by atoms with Gasteiger partial charge in [0.05, 0.1) is 0 Å². The summed E-state index contributed by atoms with van der Waals surface area (Å²) < 4.78 is 0. The summed E-state index contributed by atoms with van der Waals surface area (Å²) in [5.74, 6) is 0.833. The standard InChI is InChI=1S/C16H23ClN2O/c1-3-12(2)16(20)18-10-13-8-9-19(11-13)15-6-4-14(17)5-7-15/h4-7,12-13H,3,8-11H2,1-2H3,(H,18,20). The number of amides is 1. The third-order valence-electron chi connectivity index (χ3n) is 4.10. The highest BCUT2D eigenvalue weighted by Crippen LogP contribution is 2.24. The van der Waals surface area contributed by atoms with Crippen molar-refractivity contribution in [2.45, 2.75) is 26.7 Å². The van der Waals surface area contributed by atoms with Gasteiger partial charge in [0.25, 0.3) is 0 Å². The van der Waals surface area contributed by atoms with Crippen molar-refractivity contribution in [2.24, 2.45) is 11.8 Å². The number of carbonyl (C=O) groups excluding carboxylic acids is 1. The van der Waals surface area contributed by atoms with Gasteiger partial charge in [0, 0.05) is 36.3 Å². The van der Waals surface area contributed by atoms with E-state index in [1.807, 2.05) is 26.0 Å². The zero-order chi connectivity index (χ0) is 14.5. The van der Waals surface area contributed by atoms with Crippen molar-refractivity contribution in [1.82, 2.24) is 5.32 Å². The van der Waals surface area contributed by atoms with E-state index in [-0.39, 0.29) is 11.8 Å². The molecule has 1 aliphatic heterocycles. The molecule has 1 fully saturated rings. The van der Waals surface area contributed by atoms with Gasteiger partial charge in [-0.2, -0.15) is 0 Å². The van der Waals surface area contributed by atoms with Crippen LogP contribution in [0.1, 0.15) is 26.7 Å². The van der Waals surface area contributed by atoms with Crippen molar-refractivity contribution in [2.75, 3.05) is 24.5 Å². The lowest BCUT2D eigenvalue weighted by Gasteiger charge is -2.19. The molecular weight excluding hydrogens is 272 g/mol. The molecule has 110 valence electrons. The molecule has 0 aliphatic carbocycles. The first kappa shape index (κ1) is 15.2. The molecule has 20 heavy (non-hydrogen) atoms. The maximum atomic E-state index is 11.8. The number of nitrogens with zero attached hydrogens (tertiary/aromatic N) is 1. The zero-order valence-electron chi connectivity index (χ0n) is 12.2. The van der Waals surface area contributed by atoms with Gasteiger partial charge < -0.3 is 10.2 Å². The van der Waals surface area contributed by atoms with E-state index < -0.39 is 0 Å². The Hall–Kier alpha value is -1.22. The van der Waals surface area contributed by atoms with Crippen molar-refractivity contribution in [3.05, 3.63) is 29.3 Å². The minimum atomic E-state index is 0.115. The molecule has 2 unspecified atom stereocenters. The first-order valence-electron chi connectivity index (χ1n) is 7.38. The molecule has 1 N–H and O–H groups in total. The van der Waals surface area contributed by atoms with Crippen molar-refractivity contribution < 1.29 is 4.79 Å². The van der Waals surface area contributed by atoms with Crippen LogP contribution in [0, 0.1) is 11.8 Å². The number of carbonyl (C=O) groups is 1. The second-order valence-electron chi connectivity index (χ2n) is 5.63. The van der Waals surface area contributed by atoms with Crippen molar-refractivity contribution >= 4 is 23.2 Å². The molecule has 0 saturated carbocycles. The van der Waals surface area contributed by atoms with Crippen molar-refractivity contribution in [1.29, 1.82) is 0 Å². The van der Waals surface area contributed by atoms with E-state index in [4.69, 9.17) is 11.6 Å². The third kappa shape index (κ3) is 3.89. The predicted molar refractivity (Wildman–Crippen MR) is 84.2 cm³/mol. The lowest BCUT2D eigenvalue weighted by Crippen LogP contribution is -2.34. The van der Waals surface area contributed by atoms with Gasteiger partial charge in [-0.25, -0.2) is 0 Å². The number of benzene rings is 1. The Morgan fingerprint density at radius 3 is 2.80 bits per heavy atom. The number of halogens is 1. The maximum Gasteiger partial charge on any atom is 0.222 e. The molecular formula is C16H23ClN2O. The SMILES string of the molecule is CCC(C)C(=O)NCC1CCN(c2ccc(Cl)cc2)C1. The third-order valence-corrected chi connectivity index (χ3v) is 4.35. The van der Waals surface area contributed by atoms with Crippen LogP contribution in [-0.2, 0) is 4.79 Å². The van der Waals surface area contributed by atoms with Crippen LogP contribution in [0.3, 0.4) is 0 Å². The summed E-state index contributed by atoms with van der Waals surface area (Å²) in [6.45, 7) is 6.85. The Bertz CT molecular complexity index is 446. The fourth-order valence-electron chi connectivity index (χ4n) is 2.49. The number of rotatable bonds is 5. The highest BCUT2D eigenvalue weighted by atomic mass is 35.5. The number of hydrogen-bond acceptors (Lipinski definition) is 2. The molecule has 0 bridgehead atoms. The van der Waals surface area contributed by atoms with Crippen LogP contribution in [0.15, 0.2) is 24.3 Å². The predicted octanol–water partition coefficient (Wildman–Crippen LogP) is 3.33. The Labute approximate surface area is 126 Å². The Balaban J connectivity index is 1.80. The number of anilines is 1. The topological polar surface area (TPSA) is 32.3 Å². The summed E-state index contributed by atoms with van der Waals surface area (Å²) in [5.41, 5.74) is 1.21. The van der Waals surface area contributed by atoms with E-state index >= 15 is 0 Å². The summed E-state index contributed by atoms with van der Waals surface area (Å²) in [4.78, 5) is 14.1. The van der Waals surface area contributed by atoms with Crippen molar-refractivity contribution in [3.8, 4) is 0 Å². The lowest BCUT2D eigenvalue weighted by molar-refractivity contribution is -0.124. The molecule has 0 spiro atoms. The average Bonchev–Trinajstić information content (AvgIpc) is 2.93. The second kappa shape index (κ2) is 6.98. The molecule has 1 aromatic carbocycles. The second-order valence-corrected chi connectivity index (χ2v) is 6.07. The Kier molecular flexibility index (Phi) is 5.30. The summed E-state index contributed by atoms with van der Waals surface area (Å²) >= 11 is 5.91. The van der Waals surface area contributed by atoms with Crippen LogP contribution in [0.4, 0.5) is 5.69 Å². The normalized spacial score (nSPS) is 19.9. The molecule has 2 rings (SSSR count). The molecule has 1 heterocycles. The van der Waals surface area contributed by atoms with Gasteiger partial charge in [0.2, 0.25) is 5.91 Å². The van der Waals surface area contributed by atoms with Crippen LogP contribution >= 0.6 is 11.6 Å². The van der Waals surface area contributed by atoms with Crippen LogP contribution in [0.25, 0.3) is 0 Å². The van der Waals surface area contributed by atoms with Gasteiger partial charge in [-0.05, 0) is 43.0 Å². The van der Waals surface area contributed by atoms with E-state index in [0.717, 1.165) is 37.5 Å². The van der Waals surface area contributed by atoms with E-state index in [9.17, 15) is 4.79 Å². The summed E-state index contributed by atoms with van der Waals surface area (Å²) in [6.07, 6.45) is 2.02. The molecule has 3 nitrogen and oxygen atoms in total. The van der Waals surface area contributed by atoms with E-state index in [2.05, 4.69) is 22.3 Å². The van der Waals surface area contributed by atoms with Crippen LogP contribution in [0.5, 0.6) is 0 Å². The highest BCUT2D eigenvalue weighted by molar-refractivity contribution is 6.30. The van der Waals surface area contributed by atoms with Gasteiger partial charge in [-0.3, -0.25) is 4.79 Å².